The predicted octanol–water partition coefficient (Wildman–Crippen LogP) is 2.21. The van der Waals surface area contributed by atoms with Gasteiger partial charge < -0.3 is 14.8 Å². The third kappa shape index (κ3) is 4.43. The van der Waals surface area contributed by atoms with E-state index in [9.17, 15) is 0 Å². The molecule has 1 atom stereocenters. The predicted molar refractivity (Wildman–Crippen MR) is 81.6 cm³/mol. The molecule has 2 aromatic rings. The highest BCUT2D eigenvalue weighted by atomic mass is 16.5. The Bertz CT molecular complexity index is 561. The van der Waals surface area contributed by atoms with E-state index >= 15 is 0 Å². The van der Waals surface area contributed by atoms with Gasteiger partial charge in [-0.25, -0.2) is 0 Å². The number of ether oxygens (including phenoxy) is 2. The van der Waals surface area contributed by atoms with E-state index in [2.05, 4.69) is 28.5 Å². The Labute approximate surface area is 125 Å². The zero-order valence-electron chi connectivity index (χ0n) is 12.7. The molecule has 112 valence electrons. The van der Waals surface area contributed by atoms with Crippen LogP contribution in [0.25, 0.3) is 0 Å². The molecule has 5 nitrogen and oxygen atoms in total. The highest BCUT2D eigenvalue weighted by Crippen LogP contribution is 2.27. The lowest BCUT2D eigenvalue weighted by Gasteiger charge is -2.15. The van der Waals surface area contributed by atoms with Crippen molar-refractivity contribution >= 4 is 0 Å². The lowest BCUT2D eigenvalue weighted by atomic mass is 10.1. The first-order chi connectivity index (χ1) is 10.2. The molecule has 0 saturated heterocycles. The summed E-state index contributed by atoms with van der Waals surface area (Å²) in [4.78, 5) is 0. The highest BCUT2D eigenvalue weighted by molar-refractivity contribution is 5.43. The fraction of sp³-hybridized carbons (Fsp3) is 0.375. The summed E-state index contributed by atoms with van der Waals surface area (Å²) in [7, 11) is 3.29. The number of nitrogens with zero attached hydrogens (tertiary/aromatic N) is 2. The Morgan fingerprint density at radius 3 is 2.62 bits per heavy atom. The fourth-order valence-corrected chi connectivity index (χ4v) is 2.14. The molecule has 0 spiro atoms. The van der Waals surface area contributed by atoms with Crippen LogP contribution in [0.4, 0.5) is 0 Å². The molecule has 0 amide bonds. The van der Waals surface area contributed by atoms with Crippen molar-refractivity contribution in [2.75, 3.05) is 14.2 Å². The maximum Gasteiger partial charge on any atom is 0.160 e. The van der Waals surface area contributed by atoms with Crippen LogP contribution in [0.15, 0.2) is 36.5 Å². The van der Waals surface area contributed by atoms with E-state index in [4.69, 9.17) is 9.47 Å². The van der Waals surface area contributed by atoms with Gasteiger partial charge in [0.2, 0.25) is 0 Å². The first-order valence-corrected chi connectivity index (χ1v) is 6.93. The van der Waals surface area contributed by atoms with Crippen molar-refractivity contribution in [2.24, 2.45) is 0 Å². The molecule has 5 heteroatoms. The molecule has 0 saturated carbocycles. The first-order valence-electron chi connectivity index (χ1n) is 6.93. The Morgan fingerprint density at radius 2 is 1.95 bits per heavy atom. The second kappa shape index (κ2) is 7.59. The average Bonchev–Trinajstić information content (AvgIpc) is 2.53. The molecule has 1 aromatic carbocycles. The summed E-state index contributed by atoms with van der Waals surface area (Å²) < 4.78 is 10.6. The van der Waals surface area contributed by atoms with Crippen molar-refractivity contribution < 1.29 is 9.47 Å². The van der Waals surface area contributed by atoms with Gasteiger partial charge in [0.25, 0.3) is 0 Å². The molecule has 21 heavy (non-hydrogen) atoms. The molecular weight excluding hydrogens is 266 g/mol. The quantitative estimate of drug-likeness (QED) is 0.846. The van der Waals surface area contributed by atoms with E-state index in [1.807, 2.05) is 24.3 Å². The number of aromatic nitrogens is 2. The number of hydrogen-bond acceptors (Lipinski definition) is 5. The summed E-state index contributed by atoms with van der Waals surface area (Å²) >= 11 is 0. The van der Waals surface area contributed by atoms with Crippen LogP contribution in [0.5, 0.6) is 11.5 Å². The van der Waals surface area contributed by atoms with Crippen LogP contribution >= 0.6 is 0 Å². The van der Waals surface area contributed by atoms with Crippen molar-refractivity contribution in [3.05, 3.63) is 47.8 Å². The molecule has 1 unspecified atom stereocenters. The van der Waals surface area contributed by atoms with Crippen molar-refractivity contribution in [1.29, 1.82) is 0 Å². The standard InChI is InChI=1S/C16H21N3O2/c1-12(17-11-14-5-4-8-18-19-14)9-13-6-7-15(20-2)16(10-13)21-3/h4-8,10,12,17H,9,11H2,1-3H3. The molecule has 0 radical (unpaired) electrons. The third-order valence-corrected chi connectivity index (χ3v) is 3.25. The second-order valence-electron chi connectivity index (χ2n) is 4.89. The zero-order valence-corrected chi connectivity index (χ0v) is 12.7. The molecule has 1 heterocycles. The number of rotatable bonds is 7. The first kappa shape index (κ1) is 15.3. The van der Waals surface area contributed by atoms with Gasteiger partial charge in [0, 0.05) is 18.8 Å². The Balaban J connectivity index is 1.91. The van der Waals surface area contributed by atoms with Crippen LogP contribution in [-0.2, 0) is 13.0 Å². The van der Waals surface area contributed by atoms with Gasteiger partial charge in [-0.05, 0) is 43.2 Å². The van der Waals surface area contributed by atoms with Gasteiger partial charge in [-0.2, -0.15) is 10.2 Å². The smallest absolute Gasteiger partial charge is 0.160 e. The van der Waals surface area contributed by atoms with Crippen LogP contribution in [0.3, 0.4) is 0 Å². The Kier molecular flexibility index (Phi) is 5.51. The average molecular weight is 287 g/mol. The number of hydrogen-bond donors (Lipinski definition) is 1. The van der Waals surface area contributed by atoms with E-state index in [1.54, 1.807) is 20.4 Å². The van der Waals surface area contributed by atoms with E-state index in [0.717, 1.165) is 23.6 Å². The third-order valence-electron chi connectivity index (χ3n) is 3.25. The number of methoxy groups -OCH3 is 2. The van der Waals surface area contributed by atoms with Crippen molar-refractivity contribution in [3.8, 4) is 11.5 Å². The summed E-state index contributed by atoms with van der Waals surface area (Å²) in [6.07, 6.45) is 2.58. The van der Waals surface area contributed by atoms with Crippen molar-refractivity contribution in [3.63, 3.8) is 0 Å². The van der Waals surface area contributed by atoms with Gasteiger partial charge in [-0.1, -0.05) is 6.07 Å². The topological polar surface area (TPSA) is 56.3 Å². The molecule has 1 aromatic heterocycles. The summed E-state index contributed by atoms with van der Waals surface area (Å²) in [6.45, 7) is 2.86. The highest BCUT2D eigenvalue weighted by Gasteiger charge is 2.08. The van der Waals surface area contributed by atoms with Crippen molar-refractivity contribution in [1.82, 2.24) is 15.5 Å². The summed E-state index contributed by atoms with van der Waals surface area (Å²) in [6, 6.07) is 10.2. The molecule has 0 aliphatic rings. The second-order valence-corrected chi connectivity index (χ2v) is 4.89. The zero-order chi connectivity index (χ0) is 15.1. The normalized spacial score (nSPS) is 12.0. The monoisotopic (exact) mass is 287 g/mol. The van der Waals surface area contributed by atoms with Gasteiger partial charge in [-0.3, -0.25) is 0 Å². The number of benzene rings is 1. The van der Waals surface area contributed by atoms with E-state index in [0.29, 0.717) is 12.6 Å². The molecule has 0 fully saturated rings. The molecule has 0 bridgehead atoms. The van der Waals surface area contributed by atoms with E-state index in [-0.39, 0.29) is 0 Å². The Morgan fingerprint density at radius 1 is 1.14 bits per heavy atom. The Hall–Kier alpha value is -2.14. The number of nitrogens with one attached hydrogen (secondary N) is 1. The van der Waals surface area contributed by atoms with Gasteiger partial charge in [0.15, 0.2) is 11.5 Å². The minimum atomic E-state index is 0.324. The lowest BCUT2D eigenvalue weighted by Crippen LogP contribution is -2.28. The minimum Gasteiger partial charge on any atom is -0.493 e. The molecule has 0 aliphatic carbocycles. The fourth-order valence-electron chi connectivity index (χ4n) is 2.14. The maximum absolute atomic E-state index is 5.32. The summed E-state index contributed by atoms with van der Waals surface area (Å²) in [5.41, 5.74) is 2.14. The van der Waals surface area contributed by atoms with E-state index in [1.165, 1.54) is 5.56 Å². The van der Waals surface area contributed by atoms with Crippen LogP contribution in [0, 0.1) is 0 Å². The minimum absolute atomic E-state index is 0.324. The van der Waals surface area contributed by atoms with Gasteiger partial charge in [0.05, 0.1) is 19.9 Å². The summed E-state index contributed by atoms with van der Waals surface area (Å²) in [5, 5.41) is 11.4. The van der Waals surface area contributed by atoms with Gasteiger partial charge in [0.1, 0.15) is 0 Å². The van der Waals surface area contributed by atoms with Gasteiger partial charge >= 0.3 is 0 Å². The molecule has 2 rings (SSSR count). The van der Waals surface area contributed by atoms with Crippen LogP contribution in [0.1, 0.15) is 18.2 Å². The molecule has 1 N–H and O–H groups in total. The lowest BCUT2D eigenvalue weighted by molar-refractivity contribution is 0.354. The largest absolute Gasteiger partial charge is 0.493 e. The van der Waals surface area contributed by atoms with E-state index < -0.39 is 0 Å². The molecule has 0 aliphatic heterocycles. The van der Waals surface area contributed by atoms with Crippen LogP contribution < -0.4 is 14.8 Å². The maximum atomic E-state index is 5.32. The van der Waals surface area contributed by atoms with Crippen LogP contribution in [-0.4, -0.2) is 30.5 Å². The van der Waals surface area contributed by atoms with Crippen molar-refractivity contribution in [2.45, 2.75) is 25.9 Å². The molecular formula is C16H21N3O2. The van der Waals surface area contributed by atoms with Crippen LogP contribution in [0.2, 0.25) is 0 Å². The van der Waals surface area contributed by atoms with Gasteiger partial charge in [-0.15, -0.1) is 0 Å². The SMILES string of the molecule is COc1ccc(CC(C)NCc2cccnn2)cc1OC. The summed E-state index contributed by atoms with van der Waals surface area (Å²) in [5.74, 6) is 1.51.